The van der Waals surface area contributed by atoms with Crippen molar-refractivity contribution in [3.63, 3.8) is 0 Å². The van der Waals surface area contributed by atoms with Gasteiger partial charge in [-0.15, -0.1) is 0 Å². The van der Waals surface area contributed by atoms with Crippen LogP contribution in [-0.4, -0.2) is 49.1 Å². The van der Waals surface area contributed by atoms with Crippen molar-refractivity contribution >= 4 is 17.5 Å². The van der Waals surface area contributed by atoms with Gasteiger partial charge in [0.1, 0.15) is 23.1 Å². The summed E-state index contributed by atoms with van der Waals surface area (Å²) in [5, 5.41) is 14.4. The van der Waals surface area contributed by atoms with Crippen molar-refractivity contribution in [3.05, 3.63) is 95.8 Å². The first-order chi connectivity index (χ1) is 20.7. The minimum atomic E-state index is -0.634. The Bertz CT molecular complexity index is 1790. The van der Waals surface area contributed by atoms with Crippen molar-refractivity contribution in [2.24, 2.45) is 7.05 Å². The first kappa shape index (κ1) is 28.1. The minimum Gasteiger partial charge on any atom is -0.457 e. The van der Waals surface area contributed by atoms with Crippen LogP contribution in [0.4, 0.5) is 20.7 Å². The van der Waals surface area contributed by atoms with Crippen LogP contribution in [0.3, 0.4) is 0 Å². The van der Waals surface area contributed by atoms with Crippen molar-refractivity contribution in [3.8, 4) is 28.4 Å². The Balaban J connectivity index is 1.16. The number of likely N-dealkylation sites (N-methyl/N-ethyl adjacent to an activating group) is 1. The molecule has 10 nitrogen and oxygen atoms in total. The summed E-state index contributed by atoms with van der Waals surface area (Å²) in [7, 11) is 3.94. The molecule has 11 heteroatoms. The molecule has 43 heavy (non-hydrogen) atoms. The van der Waals surface area contributed by atoms with Gasteiger partial charge >= 0.3 is 6.03 Å². The first-order valence-electron chi connectivity index (χ1n) is 14.1. The van der Waals surface area contributed by atoms with Gasteiger partial charge in [-0.1, -0.05) is 19.9 Å². The molecule has 5 aromatic rings. The van der Waals surface area contributed by atoms with Gasteiger partial charge in [0.2, 0.25) is 0 Å². The second-order valence-corrected chi connectivity index (χ2v) is 11.1. The van der Waals surface area contributed by atoms with E-state index in [1.807, 2.05) is 39.2 Å². The summed E-state index contributed by atoms with van der Waals surface area (Å²) >= 11 is 0. The van der Waals surface area contributed by atoms with Gasteiger partial charge in [-0.25, -0.2) is 13.9 Å². The molecule has 0 saturated carbocycles. The number of nitrogens with one attached hydrogen (secondary N) is 2. The number of rotatable bonds is 7. The fraction of sp³-hybridized carbons (Fsp3) is 0.250. The number of nitrogens with zero attached hydrogens (tertiary/aromatic N) is 6. The van der Waals surface area contributed by atoms with Gasteiger partial charge < -0.3 is 15.0 Å². The Morgan fingerprint density at radius 1 is 1.00 bits per heavy atom. The highest BCUT2D eigenvalue weighted by atomic mass is 19.1. The van der Waals surface area contributed by atoms with Crippen molar-refractivity contribution in [1.82, 2.24) is 29.4 Å². The smallest absolute Gasteiger partial charge is 0.324 e. The van der Waals surface area contributed by atoms with Gasteiger partial charge in [-0.2, -0.15) is 10.2 Å². The second kappa shape index (κ2) is 11.7. The SMILES string of the molecule is CC(C)c1cc(NC(=O)Nc2ccc(Oc3ccnc(-c4cnn(C)c4)c3)cc2F)n(-c2ccc3c(c2)CCN(C)C3)n1. The van der Waals surface area contributed by atoms with Crippen LogP contribution >= 0.6 is 0 Å². The van der Waals surface area contributed by atoms with E-state index in [2.05, 4.69) is 44.8 Å². The Kier molecular flexibility index (Phi) is 7.64. The second-order valence-electron chi connectivity index (χ2n) is 11.1. The van der Waals surface area contributed by atoms with E-state index < -0.39 is 11.8 Å². The lowest BCUT2D eigenvalue weighted by atomic mass is 9.99. The number of amides is 2. The molecule has 4 heterocycles. The summed E-state index contributed by atoms with van der Waals surface area (Å²) in [5.41, 5.74) is 5.81. The Labute approximate surface area is 249 Å². The number of aryl methyl sites for hydroxylation is 1. The van der Waals surface area contributed by atoms with Gasteiger partial charge in [0.25, 0.3) is 0 Å². The highest BCUT2D eigenvalue weighted by Crippen LogP contribution is 2.29. The number of carbonyl (C=O) groups is 1. The Hall–Kier alpha value is -5.03. The maximum Gasteiger partial charge on any atom is 0.324 e. The van der Waals surface area contributed by atoms with Crippen LogP contribution in [0, 0.1) is 5.82 Å². The predicted molar refractivity (Wildman–Crippen MR) is 163 cm³/mol. The van der Waals surface area contributed by atoms with Gasteiger partial charge in [-0.05, 0) is 60.8 Å². The average Bonchev–Trinajstić information content (AvgIpc) is 3.61. The number of urea groups is 1. The fourth-order valence-electron chi connectivity index (χ4n) is 5.03. The van der Waals surface area contributed by atoms with E-state index in [1.165, 1.54) is 23.3 Å². The Morgan fingerprint density at radius 3 is 2.60 bits per heavy atom. The van der Waals surface area contributed by atoms with Crippen LogP contribution in [0.1, 0.15) is 36.6 Å². The molecule has 1 aliphatic heterocycles. The standard InChI is InChI=1S/C32H33FN8O2/c1-20(2)29-16-31(41(38-29)24-6-5-22-18-39(3)12-10-21(22)13-24)37-32(42)36-28-8-7-25(14-27(28)33)43-26-9-11-34-30(15-26)23-17-35-40(4)19-23/h5-9,11,13-17,19-20H,10,12,18H2,1-4H3,(H2,36,37,42). The summed E-state index contributed by atoms with van der Waals surface area (Å²) in [6, 6.07) is 15.2. The Morgan fingerprint density at radius 2 is 1.84 bits per heavy atom. The van der Waals surface area contributed by atoms with Crippen LogP contribution in [-0.2, 0) is 20.0 Å². The number of pyridine rings is 1. The highest BCUT2D eigenvalue weighted by molar-refractivity contribution is 5.99. The topological polar surface area (TPSA) is 102 Å². The van der Waals surface area contributed by atoms with E-state index in [0.29, 0.717) is 17.3 Å². The van der Waals surface area contributed by atoms with E-state index in [-0.39, 0.29) is 17.4 Å². The summed E-state index contributed by atoms with van der Waals surface area (Å²) < 4.78 is 24.4. The maximum absolute atomic E-state index is 15.1. The highest BCUT2D eigenvalue weighted by Gasteiger charge is 2.19. The van der Waals surface area contributed by atoms with Crippen LogP contribution in [0.25, 0.3) is 16.9 Å². The van der Waals surface area contributed by atoms with Crippen molar-refractivity contribution in [1.29, 1.82) is 0 Å². The molecule has 6 rings (SSSR count). The largest absolute Gasteiger partial charge is 0.457 e. The quantitative estimate of drug-likeness (QED) is 0.233. The molecule has 1 aliphatic rings. The molecule has 0 aliphatic carbocycles. The molecule has 0 fully saturated rings. The minimum absolute atomic E-state index is 0.0173. The lowest BCUT2D eigenvalue weighted by molar-refractivity contribution is 0.262. The number of hydrogen-bond donors (Lipinski definition) is 2. The normalized spacial score (nSPS) is 13.2. The summed E-state index contributed by atoms with van der Waals surface area (Å²) in [6.45, 7) is 5.99. The zero-order chi connectivity index (χ0) is 30.1. The monoisotopic (exact) mass is 580 g/mol. The fourth-order valence-corrected chi connectivity index (χ4v) is 5.03. The molecule has 0 unspecified atom stereocenters. The van der Waals surface area contributed by atoms with E-state index in [1.54, 1.807) is 40.0 Å². The molecule has 0 spiro atoms. The van der Waals surface area contributed by atoms with E-state index in [9.17, 15) is 4.79 Å². The summed E-state index contributed by atoms with van der Waals surface area (Å²) in [6.07, 6.45) is 6.12. The van der Waals surface area contributed by atoms with Gasteiger partial charge in [-0.3, -0.25) is 15.0 Å². The number of anilines is 2. The third-order valence-corrected chi connectivity index (χ3v) is 7.36. The van der Waals surface area contributed by atoms with Crippen molar-refractivity contribution in [2.45, 2.75) is 32.7 Å². The molecule has 2 aromatic carbocycles. The van der Waals surface area contributed by atoms with Crippen molar-refractivity contribution in [2.75, 3.05) is 24.2 Å². The third kappa shape index (κ3) is 6.26. The molecule has 0 saturated heterocycles. The van der Waals surface area contributed by atoms with Gasteiger partial charge in [0.15, 0.2) is 0 Å². The number of hydrogen-bond acceptors (Lipinski definition) is 6. The van der Waals surface area contributed by atoms with Crippen LogP contribution in [0.15, 0.2) is 73.2 Å². The third-order valence-electron chi connectivity index (χ3n) is 7.36. The lowest BCUT2D eigenvalue weighted by Crippen LogP contribution is -2.26. The molecule has 0 bridgehead atoms. The first-order valence-corrected chi connectivity index (χ1v) is 14.1. The number of halogens is 1. The van der Waals surface area contributed by atoms with E-state index in [4.69, 9.17) is 9.84 Å². The maximum atomic E-state index is 15.1. The van der Waals surface area contributed by atoms with Crippen molar-refractivity contribution < 1.29 is 13.9 Å². The van der Waals surface area contributed by atoms with Gasteiger partial charge in [0, 0.05) is 56.3 Å². The molecule has 2 N–H and O–H groups in total. The van der Waals surface area contributed by atoms with E-state index in [0.717, 1.165) is 36.5 Å². The van der Waals surface area contributed by atoms with Crippen LogP contribution < -0.4 is 15.4 Å². The molecular weight excluding hydrogens is 547 g/mol. The van der Waals surface area contributed by atoms with Crippen LogP contribution in [0.5, 0.6) is 11.5 Å². The molecule has 2 amide bonds. The number of ether oxygens (including phenoxy) is 1. The number of carbonyl (C=O) groups excluding carboxylic acids is 1. The molecular formula is C32H33FN8O2. The van der Waals surface area contributed by atoms with E-state index >= 15 is 4.39 Å². The van der Waals surface area contributed by atoms with Gasteiger partial charge in [0.05, 0.1) is 29.0 Å². The average molecular weight is 581 g/mol. The summed E-state index contributed by atoms with van der Waals surface area (Å²) in [5.74, 6) is 0.795. The zero-order valence-electron chi connectivity index (χ0n) is 24.5. The zero-order valence-corrected chi connectivity index (χ0v) is 24.5. The lowest BCUT2D eigenvalue weighted by Gasteiger charge is -2.25. The van der Waals surface area contributed by atoms with Crippen LogP contribution in [0.2, 0.25) is 0 Å². The summed E-state index contributed by atoms with van der Waals surface area (Å²) in [4.78, 5) is 19.7. The molecule has 220 valence electrons. The molecule has 0 radical (unpaired) electrons. The molecule has 3 aromatic heterocycles. The number of fused-ring (bicyclic) bond motifs is 1. The predicted octanol–water partition coefficient (Wildman–Crippen LogP) is 6.35. The number of benzene rings is 2. The number of aromatic nitrogens is 5. The molecule has 0 atom stereocenters.